The van der Waals surface area contributed by atoms with Crippen molar-refractivity contribution >= 4 is 43.1 Å². The minimum absolute atomic E-state index is 0.289. The lowest BCUT2D eigenvalue weighted by Gasteiger charge is -2.23. The Morgan fingerprint density at radius 1 is 0.271 bits per heavy atom. The van der Waals surface area contributed by atoms with Crippen LogP contribution in [0.3, 0.4) is 0 Å². The number of fused-ring (bicyclic) bond motifs is 2. The number of hydrogen-bond acceptors (Lipinski definition) is 2. The van der Waals surface area contributed by atoms with E-state index in [9.17, 15) is 10.2 Å². The van der Waals surface area contributed by atoms with E-state index in [1.807, 2.05) is 12.1 Å². The van der Waals surface area contributed by atoms with Crippen LogP contribution >= 0.6 is 0 Å². The van der Waals surface area contributed by atoms with Crippen LogP contribution in [0, 0.1) is 0 Å². The van der Waals surface area contributed by atoms with E-state index in [1.165, 1.54) is 231 Å². The maximum Gasteiger partial charge on any atom is 0.116 e. The summed E-state index contributed by atoms with van der Waals surface area (Å²) < 4.78 is 0. The molecule has 376 valence electrons. The summed E-state index contributed by atoms with van der Waals surface area (Å²) in [6.45, 7) is 13.9. The Balaban J connectivity index is 1.46. The van der Waals surface area contributed by atoms with Crippen molar-refractivity contribution < 1.29 is 10.2 Å². The molecule has 7 aromatic carbocycles. The molecule has 2 nitrogen and oxygen atoms in total. The molecule has 2 heteroatoms. The fourth-order valence-corrected chi connectivity index (χ4v) is 12.2. The van der Waals surface area contributed by atoms with Crippen molar-refractivity contribution in [2.24, 2.45) is 0 Å². The van der Waals surface area contributed by atoms with E-state index in [-0.39, 0.29) is 11.5 Å². The van der Waals surface area contributed by atoms with Gasteiger partial charge in [-0.15, -0.1) is 0 Å². The number of rotatable bonds is 32. The van der Waals surface area contributed by atoms with Crippen LogP contribution in [-0.4, -0.2) is 10.2 Å². The topological polar surface area (TPSA) is 40.5 Å². The maximum atomic E-state index is 11.9. The molecule has 0 bridgehead atoms. The number of benzene rings is 7. The molecule has 0 amide bonds. The van der Waals surface area contributed by atoms with Gasteiger partial charge in [0, 0.05) is 0 Å². The van der Waals surface area contributed by atoms with Crippen LogP contribution in [0.5, 0.6) is 11.5 Å². The third-order valence-corrected chi connectivity index (χ3v) is 15.9. The van der Waals surface area contributed by atoms with Gasteiger partial charge in [0.25, 0.3) is 0 Å². The lowest BCUT2D eigenvalue weighted by molar-refractivity contribution is 0.476. The van der Waals surface area contributed by atoms with Gasteiger partial charge >= 0.3 is 0 Å². The summed E-state index contributed by atoms with van der Waals surface area (Å²) in [7, 11) is 0. The minimum Gasteiger partial charge on any atom is -0.508 e. The van der Waals surface area contributed by atoms with E-state index >= 15 is 0 Å². The molecule has 0 aromatic heterocycles. The molecule has 7 rings (SSSR count). The van der Waals surface area contributed by atoms with E-state index in [1.54, 1.807) is 0 Å². The highest BCUT2D eigenvalue weighted by Crippen LogP contribution is 2.49. The smallest absolute Gasteiger partial charge is 0.116 e. The third-order valence-electron chi connectivity index (χ3n) is 15.9. The van der Waals surface area contributed by atoms with Crippen LogP contribution in [0.15, 0.2) is 72.8 Å². The van der Waals surface area contributed by atoms with E-state index in [4.69, 9.17) is 0 Å². The van der Waals surface area contributed by atoms with Gasteiger partial charge in [-0.05, 0) is 200 Å². The second-order valence-electron chi connectivity index (χ2n) is 21.6. The van der Waals surface area contributed by atoms with E-state index in [0.29, 0.717) is 0 Å². The zero-order valence-electron chi connectivity index (χ0n) is 45.0. The molecule has 7 aromatic rings. The van der Waals surface area contributed by atoms with Crippen molar-refractivity contribution in [3.63, 3.8) is 0 Å². The molecule has 0 saturated carbocycles. The number of phenols is 2. The normalized spacial score (nSPS) is 12.0. The highest BCUT2D eigenvalue weighted by atomic mass is 16.3. The molecule has 0 aliphatic rings. The Morgan fingerprint density at radius 2 is 0.543 bits per heavy atom. The Labute approximate surface area is 425 Å². The van der Waals surface area contributed by atoms with Gasteiger partial charge in [0.1, 0.15) is 11.5 Å². The van der Waals surface area contributed by atoms with Gasteiger partial charge in [-0.1, -0.05) is 206 Å². The van der Waals surface area contributed by atoms with Crippen LogP contribution in [-0.2, 0) is 38.5 Å². The largest absolute Gasteiger partial charge is 0.508 e. The molecule has 0 fully saturated rings. The number of aryl methyl sites for hydroxylation is 6. The van der Waals surface area contributed by atoms with E-state index in [0.717, 1.165) is 60.1 Å². The van der Waals surface area contributed by atoms with Crippen molar-refractivity contribution in [3.05, 3.63) is 106 Å². The first kappa shape index (κ1) is 53.2. The average Bonchev–Trinajstić information content (AvgIpc) is 3.36. The molecule has 2 N–H and O–H groups in total. The van der Waals surface area contributed by atoms with Gasteiger partial charge in [0.15, 0.2) is 0 Å². The summed E-state index contributed by atoms with van der Waals surface area (Å²) in [6.07, 6.45) is 36.6. The van der Waals surface area contributed by atoms with Gasteiger partial charge in [0.05, 0.1) is 0 Å². The van der Waals surface area contributed by atoms with Crippen LogP contribution in [0.25, 0.3) is 65.3 Å². The Morgan fingerprint density at radius 3 is 0.829 bits per heavy atom. The predicted molar refractivity (Wildman–Crippen MR) is 309 cm³/mol. The molecule has 0 aliphatic heterocycles. The second-order valence-corrected chi connectivity index (χ2v) is 21.6. The first-order valence-corrected chi connectivity index (χ1v) is 29.3. The SMILES string of the molecule is CCCCCCc1cc(CCCCCC)c(-c2ccc3c4ccc(-c5c(CCCCCC)cc(CCCCCC)cc5CCCCCC)c5cc(O)cc(c6cc(O)cc2c36)c54)c(CCCCCC)c1. The van der Waals surface area contributed by atoms with Crippen LogP contribution < -0.4 is 0 Å². The zero-order valence-corrected chi connectivity index (χ0v) is 45.0. The quantitative estimate of drug-likeness (QED) is 0.0251. The molecular weight excluding hydrogens is 849 g/mol. The highest BCUT2D eigenvalue weighted by Gasteiger charge is 2.24. The van der Waals surface area contributed by atoms with Crippen LogP contribution in [0.1, 0.15) is 229 Å². The Kier molecular flexibility index (Phi) is 20.8. The number of unbranched alkanes of at least 4 members (excludes halogenated alkanes) is 18. The van der Waals surface area contributed by atoms with E-state index in [2.05, 4.69) is 102 Å². The molecule has 0 atom stereocenters. The standard InChI is InChI=1S/C68H92O2/c1-7-13-19-25-31-49-41-51(33-27-21-15-9-3)65(52(42-49)34-28-22-16-10-4)59-39-37-57-58-38-40-60(62-46-56(70)48-64(68(58)62)63-47-55(69)45-61(59)67(57)63)66-53(35-29-23-17-11-5)43-50(32-26-20-14-8-2)44-54(66)36-30-24-18-12-6/h37-48,69-70H,7-36H2,1-6H3. The molecule has 0 aliphatic carbocycles. The molecule has 70 heavy (non-hydrogen) atoms. The fourth-order valence-electron chi connectivity index (χ4n) is 12.2. The van der Waals surface area contributed by atoms with Gasteiger partial charge in [-0.3, -0.25) is 0 Å². The summed E-state index contributed by atoms with van der Waals surface area (Å²) in [6, 6.07) is 28.0. The first-order chi connectivity index (χ1) is 34.3. The summed E-state index contributed by atoms with van der Waals surface area (Å²) in [5.74, 6) is 0.577. The van der Waals surface area contributed by atoms with Crippen molar-refractivity contribution in [2.45, 2.75) is 234 Å². The first-order valence-electron chi connectivity index (χ1n) is 29.3. The van der Waals surface area contributed by atoms with Gasteiger partial charge in [-0.2, -0.15) is 0 Å². The Bertz CT molecular complexity index is 2460. The monoisotopic (exact) mass is 941 g/mol. The molecule has 0 heterocycles. The maximum absolute atomic E-state index is 11.9. The molecule has 0 spiro atoms. The van der Waals surface area contributed by atoms with Crippen molar-refractivity contribution in [3.8, 4) is 33.8 Å². The summed E-state index contributed by atoms with van der Waals surface area (Å²) in [5.41, 5.74) is 14.2. The summed E-state index contributed by atoms with van der Waals surface area (Å²) >= 11 is 0. The number of hydrogen-bond donors (Lipinski definition) is 2. The summed E-state index contributed by atoms with van der Waals surface area (Å²) in [5, 5.41) is 33.0. The Hall–Kier alpha value is -4.56. The van der Waals surface area contributed by atoms with Crippen molar-refractivity contribution in [1.29, 1.82) is 0 Å². The van der Waals surface area contributed by atoms with Crippen LogP contribution in [0.2, 0.25) is 0 Å². The number of phenolic OH excluding ortho intramolecular Hbond substituents is 2. The number of aromatic hydroxyl groups is 2. The van der Waals surface area contributed by atoms with Gasteiger partial charge < -0.3 is 10.2 Å². The van der Waals surface area contributed by atoms with Crippen molar-refractivity contribution in [1.82, 2.24) is 0 Å². The minimum atomic E-state index is 0.289. The second kappa shape index (κ2) is 27.3. The molecule has 0 unspecified atom stereocenters. The predicted octanol–water partition coefficient (Wildman–Crippen LogP) is 21.2. The lowest BCUT2D eigenvalue weighted by atomic mass is 9.80. The lowest BCUT2D eigenvalue weighted by Crippen LogP contribution is -2.03. The fraction of sp³-hybridized carbons (Fsp3) is 0.529. The summed E-state index contributed by atoms with van der Waals surface area (Å²) in [4.78, 5) is 0. The van der Waals surface area contributed by atoms with E-state index < -0.39 is 0 Å². The van der Waals surface area contributed by atoms with Gasteiger partial charge in [-0.25, -0.2) is 0 Å². The van der Waals surface area contributed by atoms with Gasteiger partial charge in [0.2, 0.25) is 0 Å². The zero-order chi connectivity index (χ0) is 49.2. The van der Waals surface area contributed by atoms with Crippen LogP contribution in [0.4, 0.5) is 0 Å². The highest BCUT2D eigenvalue weighted by molar-refractivity contribution is 6.35. The molecule has 0 radical (unpaired) electrons. The average molecular weight is 941 g/mol. The molecule has 0 saturated heterocycles. The van der Waals surface area contributed by atoms with Crippen molar-refractivity contribution in [2.75, 3.05) is 0 Å². The third kappa shape index (κ3) is 13.1. The molecular formula is C68H92O2.